The predicted octanol–water partition coefficient (Wildman–Crippen LogP) is 0.215. The average Bonchev–Trinajstić information content (AvgIpc) is 2.40. The van der Waals surface area contributed by atoms with E-state index in [0.717, 1.165) is 12.8 Å². The first-order chi connectivity index (χ1) is 9.54. The van der Waals surface area contributed by atoms with Crippen LogP contribution in [0.3, 0.4) is 0 Å². The summed E-state index contributed by atoms with van der Waals surface area (Å²) in [6, 6.07) is 0.0989. The second kappa shape index (κ2) is 5.96. The Balaban J connectivity index is 2.07. The third-order valence-corrected chi connectivity index (χ3v) is 3.47. The molecule has 1 fully saturated rings. The molecule has 20 heavy (non-hydrogen) atoms. The predicted molar refractivity (Wildman–Crippen MR) is 71.1 cm³/mol. The van der Waals surface area contributed by atoms with Crippen LogP contribution in [-0.4, -0.2) is 52.5 Å². The number of ether oxygens (including phenoxy) is 1. The van der Waals surface area contributed by atoms with Gasteiger partial charge in [0, 0.05) is 32.1 Å². The highest BCUT2D eigenvalue weighted by molar-refractivity contribution is 6.03. The maximum absolute atomic E-state index is 12.3. The number of carbonyl (C=O) groups excluding carboxylic acids is 2. The molecule has 7 heteroatoms. The molecule has 0 radical (unpaired) electrons. The van der Waals surface area contributed by atoms with Gasteiger partial charge in [-0.2, -0.15) is 0 Å². The van der Waals surface area contributed by atoms with Crippen LogP contribution >= 0.6 is 0 Å². The van der Waals surface area contributed by atoms with Crippen molar-refractivity contribution in [2.45, 2.75) is 31.9 Å². The zero-order valence-electron chi connectivity index (χ0n) is 11.6. The van der Waals surface area contributed by atoms with Crippen molar-refractivity contribution in [3.05, 3.63) is 23.8 Å². The van der Waals surface area contributed by atoms with Gasteiger partial charge in [0.15, 0.2) is 11.4 Å². The van der Waals surface area contributed by atoms with Crippen LogP contribution in [0.5, 0.6) is 0 Å². The van der Waals surface area contributed by atoms with E-state index in [1.807, 2.05) is 6.92 Å². The van der Waals surface area contributed by atoms with Crippen LogP contribution in [0.2, 0.25) is 0 Å². The molecule has 2 amide bonds. The molecule has 108 valence electrons. The third kappa shape index (κ3) is 2.77. The summed E-state index contributed by atoms with van der Waals surface area (Å²) in [5.74, 6) is -1.09. The smallest absolute Gasteiger partial charge is 0.274 e. The minimum absolute atomic E-state index is 0.00219. The first-order valence-corrected chi connectivity index (χ1v) is 6.54. The van der Waals surface area contributed by atoms with Crippen LogP contribution in [-0.2, 0) is 4.74 Å². The van der Waals surface area contributed by atoms with E-state index in [4.69, 9.17) is 10.5 Å². The Morgan fingerprint density at radius 1 is 1.35 bits per heavy atom. The molecule has 2 N–H and O–H groups in total. The van der Waals surface area contributed by atoms with E-state index in [2.05, 4.69) is 9.97 Å². The Morgan fingerprint density at radius 2 is 1.95 bits per heavy atom. The standard InChI is InChI=1S/C13H18N4O3/c1-3-20-9-6-8(7-9)17(2)13(19)11-10(12(14)18)15-4-5-16-11/h4-5,8-9H,3,6-7H2,1-2H3,(H2,14,18). The van der Waals surface area contributed by atoms with Gasteiger partial charge in [-0.25, -0.2) is 9.97 Å². The van der Waals surface area contributed by atoms with Crippen molar-refractivity contribution in [2.24, 2.45) is 5.73 Å². The van der Waals surface area contributed by atoms with Crippen LogP contribution in [0.1, 0.15) is 40.7 Å². The van der Waals surface area contributed by atoms with Crippen molar-refractivity contribution < 1.29 is 14.3 Å². The van der Waals surface area contributed by atoms with E-state index >= 15 is 0 Å². The highest BCUT2D eigenvalue weighted by atomic mass is 16.5. The molecule has 0 spiro atoms. The maximum Gasteiger partial charge on any atom is 0.274 e. The average molecular weight is 278 g/mol. The SMILES string of the molecule is CCOC1CC(N(C)C(=O)c2nccnc2C(N)=O)C1. The number of nitrogens with zero attached hydrogens (tertiary/aromatic N) is 3. The number of hydrogen-bond donors (Lipinski definition) is 1. The van der Waals surface area contributed by atoms with E-state index in [1.54, 1.807) is 11.9 Å². The summed E-state index contributed by atoms with van der Waals surface area (Å²) < 4.78 is 5.47. The van der Waals surface area contributed by atoms with E-state index in [1.165, 1.54) is 12.4 Å². The Bertz CT molecular complexity index is 514. The molecule has 1 aromatic rings. The van der Waals surface area contributed by atoms with Gasteiger partial charge in [-0.1, -0.05) is 0 Å². The van der Waals surface area contributed by atoms with Crippen LogP contribution in [0.15, 0.2) is 12.4 Å². The van der Waals surface area contributed by atoms with E-state index in [0.29, 0.717) is 6.61 Å². The van der Waals surface area contributed by atoms with E-state index in [-0.39, 0.29) is 29.4 Å². The van der Waals surface area contributed by atoms with E-state index in [9.17, 15) is 9.59 Å². The molecule has 1 saturated carbocycles. The summed E-state index contributed by atoms with van der Waals surface area (Å²) in [6.07, 6.45) is 4.50. The first kappa shape index (κ1) is 14.4. The molecule has 7 nitrogen and oxygen atoms in total. The highest BCUT2D eigenvalue weighted by Gasteiger charge is 2.36. The van der Waals surface area contributed by atoms with Gasteiger partial charge in [-0.05, 0) is 19.8 Å². The summed E-state index contributed by atoms with van der Waals surface area (Å²) >= 11 is 0. The lowest BCUT2D eigenvalue weighted by Crippen LogP contribution is -2.49. The fraction of sp³-hybridized carbons (Fsp3) is 0.538. The Hall–Kier alpha value is -2.02. The Morgan fingerprint density at radius 3 is 2.50 bits per heavy atom. The van der Waals surface area contributed by atoms with Crippen LogP contribution in [0.25, 0.3) is 0 Å². The van der Waals surface area contributed by atoms with Gasteiger partial charge >= 0.3 is 0 Å². The molecule has 0 aromatic carbocycles. The van der Waals surface area contributed by atoms with Crippen molar-refractivity contribution in [3.8, 4) is 0 Å². The summed E-state index contributed by atoms with van der Waals surface area (Å²) in [5.41, 5.74) is 5.11. The number of aromatic nitrogens is 2. The highest BCUT2D eigenvalue weighted by Crippen LogP contribution is 2.28. The van der Waals surface area contributed by atoms with Crippen LogP contribution < -0.4 is 5.73 Å². The molecule has 2 rings (SSSR count). The van der Waals surface area contributed by atoms with Gasteiger partial charge in [0.2, 0.25) is 0 Å². The number of rotatable bonds is 5. The summed E-state index contributed by atoms with van der Waals surface area (Å²) in [4.78, 5) is 32.9. The number of primary amides is 1. The number of hydrogen-bond acceptors (Lipinski definition) is 5. The van der Waals surface area contributed by atoms with Crippen molar-refractivity contribution in [1.29, 1.82) is 0 Å². The largest absolute Gasteiger partial charge is 0.378 e. The molecular weight excluding hydrogens is 260 g/mol. The zero-order chi connectivity index (χ0) is 14.7. The maximum atomic E-state index is 12.3. The van der Waals surface area contributed by atoms with Gasteiger partial charge < -0.3 is 15.4 Å². The summed E-state index contributed by atoms with van der Waals surface area (Å²) in [5, 5.41) is 0. The van der Waals surface area contributed by atoms with E-state index < -0.39 is 5.91 Å². The second-order valence-corrected chi connectivity index (χ2v) is 4.74. The van der Waals surface area contributed by atoms with Crippen molar-refractivity contribution in [3.63, 3.8) is 0 Å². The lowest BCUT2D eigenvalue weighted by atomic mass is 9.88. The van der Waals surface area contributed by atoms with Gasteiger partial charge in [-0.3, -0.25) is 9.59 Å². The molecule has 0 atom stereocenters. The van der Waals surface area contributed by atoms with Crippen LogP contribution in [0.4, 0.5) is 0 Å². The zero-order valence-corrected chi connectivity index (χ0v) is 11.6. The number of amides is 2. The molecule has 1 aliphatic carbocycles. The third-order valence-electron chi connectivity index (χ3n) is 3.47. The van der Waals surface area contributed by atoms with Crippen molar-refractivity contribution >= 4 is 11.8 Å². The quantitative estimate of drug-likeness (QED) is 0.830. The van der Waals surface area contributed by atoms with Crippen molar-refractivity contribution in [2.75, 3.05) is 13.7 Å². The summed E-state index contributed by atoms with van der Waals surface area (Å²) in [6.45, 7) is 2.62. The first-order valence-electron chi connectivity index (χ1n) is 6.54. The molecular formula is C13H18N4O3. The second-order valence-electron chi connectivity index (χ2n) is 4.74. The fourth-order valence-electron chi connectivity index (χ4n) is 2.23. The van der Waals surface area contributed by atoms with Gasteiger partial charge in [0.25, 0.3) is 11.8 Å². The van der Waals surface area contributed by atoms with Crippen molar-refractivity contribution in [1.82, 2.24) is 14.9 Å². The van der Waals surface area contributed by atoms with Crippen LogP contribution in [0, 0.1) is 0 Å². The number of carbonyl (C=O) groups is 2. The lowest BCUT2D eigenvalue weighted by molar-refractivity contribution is -0.0346. The molecule has 0 aliphatic heterocycles. The normalized spacial score (nSPS) is 21.1. The molecule has 0 saturated heterocycles. The summed E-state index contributed by atoms with van der Waals surface area (Å²) in [7, 11) is 1.69. The Labute approximate surface area is 117 Å². The van der Waals surface area contributed by atoms with Gasteiger partial charge in [0.1, 0.15) is 0 Å². The minimum atomic E-state index is -0.754. The topological polar surface area (TPSA) is 98.4 Å². The Kier molecular flexibility index (Phi) is 4.29. The number of nitrogens with two attached hydrogens (primary N) is 1. The fourth-order valence-corrected chi connectivity index (χ4v) is 2.23. The monoisotopic (exact) mass is 278 g/mol. The molecule has 1 aliphatic rings. The molecule has 1 aromatic heterocycles. The molecule has 0 bridgehead atoms. The molecule has 1 heterocycles. The lowest BCUT2D eigenvalue weighted by Gasteiger charge is -2.40. The van der Waals surface area contributed by atoms with Gasteiger partial charge in [0.05, 0.1) is 6.10 Å². The van der Waals surface area contributed by atoms with Gasteiger partial charge in [-0.15, -0.1) is 0 Å². The minimum Gasteiger partial charge on any atom is -0.378 e. The molecule has 0 unspecified atom stereocenters.